The molecule has 128 valence electrons. The highest BCUT2D eigenvalue weighted by Gasteiger charge is 2.17. The van der Waals surface area contributed by atoms with Crippen molar-refractivity contribution >= 4 is 15.7 Å². The van der Waals surface area contributed by atoms with Gasteiger partial charge in [-0.15, -0.1) is 0 Å². The summed E-state index contributed by atoms with van der Waals surface area (Å²) >= 11 is 0. The number of nitrogens with one attached hydrogen (secondary N) is 1. The van der Waals surface area contributed by atoms with E-state index < -0.39 is 9.84 Å². The first-order valence-electron chi connectivity index (χ1n) is 7.86. The summed E-state index contributed by atoms with van der Waals surface area (Å²) in [5.74, 6) is -0.336. The van der Waals surface area contributed by atoms with Crippen LogP contribution in [-0.2, 0) is 14.6 Å². The standard InChI is InChI=1S/C16H24N2O4S/c1-23(20,21)15-7-3-2-6-14(15)16(19)17-8-4-5-9-18-10-12-22-13-11-18/h2-3,6-7H,4-5,8-13H2,1H3,(H,17,19). The molecule has 0 saturated carbocycles. The molecule has 23 heavy (non-hydrogen) atoms. The Hall–Kier alpha value is -1.44. The minimum Gasteiger partial charge on any atom is -0.379 e. The molecule has 1 aromatic carbocycles. The molecule has 1 aliphatic rings. The zero-order chi connectivity index (χ0) is 16.7. The van der Waals surface area contributed by atoms with Crippen LogP contribution in [0.3, 0.4) is 0 Å². The van der Waals surface area contributed by atoms with Crippen molar-refractivity contribution < 1.29 is 17.9 Å². The van der Waals surface area contributed by atoms with Gasteiger partial charge in [-0.25, -0.2) is 8.42 Å². The van der Waals surface area contributed by atoms with Gasteiger partial charge in [-0.3, -0.25) is 9.69 Å². The van der Waals surface area contributed by atoms with E-state index in [-0.39, 0.29) is 16.4 Å². The normalized spacial score (nSPS) is 16.2. The first kappa shape index (κ1) is 17.9. The third kappa shape index (κ3) is 5.60. The topological polar surface area (TPSA) is 75.7 Å². The minimum absolute atomic E-state index is 0.0748. The van der Waals surface area contributed by atoms with Crippen LogP contribution in [0, 0.1) is 0 Å². The molecule has 0 aromatic heterocycles. The van der Waals surface area contributed by atoms with Crippen molar-refractivity contribution in [2.75, 3.05) is 45.6 Å². The fourth-order valence-electron chi connectivity index (χ4n) is 2.56. The first-order chi connectivity index (χ1) is 11.0. The number of unbranched alkanes of at least 4 members (excludes halogenated alkanes) is 1. The molecule has 2 rings (SSSR count). The summed E-state index contributed by atoms with van der Waals surface area (Å²) in [6.07, 6.45) is 2.97. The van der Waals surface area contributed by atoms with Gasteiger partial charge in [-0.1, -0.05) is 12.1 Å². The van der Waals surface area contributed by atoms with E-state index in [0.717, 1.165) is 51.9 Å². The van der Waals surface area contributed by atoms with E-state index in [4.69, 9.17) is 4.74 Å². The molecule has 1 N–H and O–H groups in total. The molecule has 1 saturated heterocycles. The van der Waals surface area contributed by atoms with Crippen molar-refractivity contribution in [1.29, 1.82) is 0 Å². The van der Waals surface area contributed by atoms with Gasteiger partial charge in [0.25, 0.3) is 5.91 Å². The summed E-state index contributed by atoms with van der Waals surface area (Å²) < 4.78 is 28.7. The summed E-state index contributed by atoms with van der Waals surface area (Å²) in [5.41, 5.74) is 0.211. The monoisotopic (exact) mass is 340 g/mol. The van der Waals surface area contributed by atoms with Crippen molar-refractivity contribution in [2.24, 2.45) is 0 Å². The number of benzene rings is 1. The Morgan fingerprint density at radius 1 is 1.22 bits per heavy atom. The van der Waals surface area contributed by atoms with E-state index in [9.17, 15) is 13.2 Å². The predicted molar refractivity (Wildman–Crippen MR) is 88.4 cm³/mol. The average molecular weight is 340 g/mol. The Morgan fingerprint density at radius 2 is 1.91 bits per heavy atom. The Labute approximate surface area is 137 Å². The molecule has 0 bridgehead atoms. The van der Waals surface area contributed by atoms with Gasteiger partial charge in [0.15, 0.2) is 9.84 Å². The molecule has 1 aliphatic heterocycles. The largest absolute Gasteiger partial charge is 0.379 e. The summed E-state index contributed by atoms with van der Waals surface area (Å²) in [7, 11) is -3.41. The van der Waals surface area contributed by atoms with Gasteiger partial charge in [0.2, 0.25) is 0 Å². The second-order valence-corrected chi connectivity index (χ2v) is 7.67. The number of hydrogen-bond donors (Lipinski definition) is 1. The molecule has 0 spiro atoms. The third-order valence-electron chi connectivity index (χ3n) is 3.82. The summed E-state index contributed by atoms with van der Waals surface area (Å²) in [5, 5.41) is 2.80. The van der Waals surface area contributed by atoms with Crippen LogP contribution in [0.4, 0.5) is 0 Å². The summed E-state index contributed by atoms with van der Waals surface area (Å²) in [6.45, 7) is 5.06. The van der Waals surface area contributed by atoms with Gasteiger partial charge < -0.3 is 10.1 Å². The molecule has 1 aromatic rings. The van der Waals surface area contributed by atoms with Crippen LogP contribution in [0.1, 0.15) is 23.2 Å². The number of carbonyl (C=O) groups excluding carboxylic acids is 1. The van der Waals surface area contributed by atoms with Crippen LogP contribution in [0.5, 0.6) is 0 Å². The summed E-state index contributed by atoms with van der Waals surface area (Å²) in [6, 6.07) is 6.29. The Morgan fingerprint density at radius 3 is 2.61 bits per heavy atom. The maximum absolute atomic E-state index is 12.2. The van der Waals surface area contributed by atoms with Crippen molar-refractivity contribution in [1.82, 2.24) is 10.2 Å². The third-order valence-corrected chi connectivity index (χ3v) is 4.98. The molecule has 1 fully saturated rings. The number of carbonyl (C=O) groups is 1. The highest BCUT2D eigenvalue weighted by molar-refractivity contribution is 7.90. The molecule has 1 heterocycles. The minimum atomic E-state index is -3.41. The number of hydrogen-bond acceptors (Lipinski definition) is 5. The lowest BCUT2D eigenvalue weighted by atomic mass is 10.2. The highest BCUT2D eigenvalue weighted by atomic mass is 32.2. The van der Waals surface area contributed by atoms with E-state index in [2.05, 4.69) is 10.2 Å². The lowest BCUT2D eigenvalue weighted by molar-refractivity contribution is 0.0372. The van der Waals surface area contributed by atoms with Crippen LogP contribution >= 0.6 is 0 Å². The number of morpholine rings is 1. The second-order valence-electron chi connectivity index (χ2n) is 5.69. The molecule has 0 radical (unpaired) electrons. The van der Waals surface area contributed by atoms with Crippen molar-refractivity contribution in [3.63, 3.8) is 0 Å². The Balaban J connectivity index is 1.77. The number of ether oxygens (including phenoxy) is 1. The lowest BCUT2D eigenvalue weighted by Gasteiger charge is -2.26. The smallest absolute Gasteiger partial charge is 0.252 e. The van der Waals surface area contributed by atoms with Crippen molar-refractivity contribution in [3.05, 3.63) is 29.8 Å². The molecule has 6 nitrogen and oxygen atoms in total. The van der Waals surface area contributed by atoms with Crippen LogP contribution in [0.15, 0.2) is 29.2 Å². The van der Waals surface area contributed by atoms with Gasteiger partial charge in [0, 0.05) is 25.9 Å². The fraction of sp³-hybridized carbons (Fsp3) is 0.562. The maximum Gasteiger partial charge on any atom is 0.252 e. The van der Waals surface area contributed by atoms with Gasteiger partial charge in [0.05, 0.1) is 23.7 Å². The fourth-order valence-corrected chi connectivity index (χ4v) is 3.45. The van der Waals surface area contributed by atoms with Gasteiger partial charge >= 0.3 is 0 Å². The Bertz CT molecular complexity index is 625. The van der Waals surface area contributed by atoms with Crippen molar-refractivity contribution in [3.8, 4) is 0 Å². The van der Waals surface area contributed by atoms with Gasteiger partial charge in [0.1, 0.15) is 0 Å². The van der Waals surface area contributed by atoms with E-state index in [0.29, 0.717) is 6.54 Å². The highest BCUT2D eigenvalue weighted by Crippen LogP contribution is 2.15. The second kappa shape index (κ2) is 8.42. The molecule has 0 unspecified atom stereocenters. The maximum atomic E-state index is 12.2. The van der Waals surface area contributed by atoms with Crippen LogP contribution in [-0.4, -0.2) is 64.9 Å². The number of rotatable bonds is 7. The van der Waals surface area contributed by atoms with E-state index in [1.54, 1.807) is 18.2 Å². The molecular formula is C16H24N2O4S. The zero-order valence-electron chi connectivity index (χ0n) is 13.5. The van der Waals surface area contributed by atoms with E-state index in [1.807, 2.05) is 0 Å². The number of amides is 1. The SMILES string of the molecule is CS(=O)(=O)c1ccccc1C(=O)NCCCCN1CCOCC1. The molecular weight excluding hydrogens is 316 g/mol. The van der Waals surface area contributed by atoms with Gasteiger partial charge in [-0.05, 0) is 31.5 Å². The zero-order valence-corrected chi connectivity index (χ0v) is 14.3. The number of sulfone groups is 1. The molecule has 0 aliphatic carbocycles. The molecule has 0 atom stereocenters. The van der Waals surface area contributed by atoms with E-state index in [1.165, 1.54) is 6.07 Å². The quantitative estimate of drug-likeness (QED) is 0.748. The van der Waals surface area contributed by atoms with Crippen LogP contribution in [0.2, 0.25) is 0 Å². The van der Waals surface area contributed by atoms with Crippen molar-refractivity contribution in [2.45, 2.75) is 17.7 Å². The summed E-state index contributed by atoms with van der Waals surface area (Å²) in [4.78, 5) is 14.6. The first-order valence-corrected chi connectivity index (χ1v) is 9.75. The molecule has 1 amide bonds. The van der Waals surface area contributed by atoms with Crippen LogP contribution in [0.25, 0.3) is 0 Å². The molecule has 7 heteroatoms. The van der Waals surface area contributed by atoms with Crippen LogP contribution < -0.4 is 5.32 Å². The van der Waals surface area contributed by atoms with E-state index >= 15 is 0 Å². The average Bonchev–Trinajstić information content (AvgIpc) is 2.54. The number of nitrogens with zero attached hydrogens (tertiary/aromatic N) is 1. The Kier molecular flexibility index (Phi) is 6.56. The lowest BCUT2D eigenvalue weighted by Crippen LogP contribution is -2.37. The van der Waals surface area contributed by atoms with Gasteiger partial charge in [-0.2, -0.15) is 0 Å². The predicted octanol–water partition coefficient (Wildman–Crippen LogP) is 0.932.